The summed E-state index contributed by atoms with van der Waals surface area (Å²) >= 11 is 0. The van der Waals surface area contributed by atoms with Crippen LogP contribution in [0.15, 0.2) is 30.3 Å². The maximum atomic E-state index is 10.2. The Morgan fingerprint density at radius 2 is 1.59 bits per heavy atom. The van der Waals surface area contributed by atoms with Gasteiger partial charge in [-0.25, -0.2) is 0 Å². The van der Waals surface area contributed by atoms with Gasteiger partial charge in [-0.15, -0.1) is 0 Å². The first-order valence-corrected chi connectivity index (χ1v) is 10.2. The van der Waals surface area contributed by atoms with Crippen molar-refractivity contribution in [1.82, 2.24) is 0 Å². The summed E-state index contributed by atoms with van der Waals surface area (Å²) < 4.78 is 16.2. The van der Waals surface area contributed by atoms with Crippen LogP contribution >= 0.6 is 0 Å². The van der Waals surface area contributed by atoms with E-state index in [9.17, 15) is 5.11 Å². The Morgan fingerprint density at radius 1 is 0.926 bits per heavy atom. The van der Waals surface area contributed by atoms with E-state index in [1.807, 2.05) is 18.2 Å². The Balaban J connectivity index is 2.01. The number of hydrogen-bond acceptors (Lipinski definition) is 5. The van der Waals surface area contributed by atoms with Crippen molar-refractivity contribution in [2.24, 2.45) is 5.73 Å². The monoisotopic (exact) mass is 381 g/mol. The third-order valence-electron chi connectivity index (χ3n) is 4.90. The second kappa shape index (κ2) is 15.0. The number of hydrogen-bond donors (Lipinski definition) is 2. The van der Waals surface area contributed by atoms with E-state index in [0.29, 0.717) is 13.0 Å². The second-order valence-electron chi connectivity index (χ2n) is 7.37. The minimum atomic E-state index is -0.324. The predicted octanol–water partition coefficient (Wildman–Crippen LogP) is 4.02. The molecule has 1 aromatic rings. The first kappa shape index (κ1) is 24.1. The normalized spacial score (nSPS) is 15.0. The lowest BCUT2D eigenvalue weighted by Gasteiger charge is -2.19. The van der Waals surface area contributed by atoms with Crippen molar-refractivity contribution < 1.29 is 19.3 Å². The summed E-state index contributed by atoms with van der Waals surface area (Å²) in [6.45, 7) is 2.80. The van der Waals surface area contributed by atoms with Crippen LogP contribution in [0.5, 0.6) is 0 Å². The lowest BCUT2D eigenvalue weighted by Crippen LogP contribution is -2.28. The first-order chi connectivity index (χ1) is 13.0. The van der Waals surface area contributed by atoms with E-state index >= 15 is 0 Å². The fourth-order valence-electron chi connectivity index (χ4n) is 3.15. The van der Waals surface area contributed by atoms with Crippen molar-refractivity contribution in [2.75, 3.05) is 14.2 Å². The summed E-state index contributed by atoms with van der Waals surface area (Å²) in [4.78, 5) is 0. The Morgan fingerprint density at radius 3 is 2.26 bits per heavy atom. The van der Waals surface area contributed by atoms with Crippen LogP contribution in [0.4, 0.5) is 0 Å². The fourth-order valence-corrected chi connectivity index (χ4v) is 3.15. The average molecular weight is 382 g/mol. The molecule has 3 N–H and O–H groups in total. The van der Waals surface area contributed by atoms with E-state index in [4.69, 9.17) is 19.9 Å². The number of nitrogens with two attached hydrogens (primary N) is 1. The van der Waals surface area contributed by atoms with Crippen molar-refractivity contribution in [3.63, 3.8) is 0 Å². The molecule has 0 spiro atoms. The second-order valence-corrected chi connectivity index (χ2v) is 7.37. The average Bonchev–Trinajstić information content (AvgIpc) is 2.67. The van der Waals surface area contributed by atoms with Crippen molar-refractivity contribution in [3.05, 3.63) is 35.9 Å². The van der Waals surface area contributed by atoms with Crippen LogP contribution in [0.3, 0.4) is 0 Å². The Bertz CT molecular complexity index is 453. The van der Waals surface area contributed by atoms with Gasteiger partial charge in [-0.05, 0) is 44.6 Å². The van der Waals surface area contributed by atoms with Gasteiger partial charge in [-0.2, -0.15) is 0 Å². The van der Waals surface area contributed by atoms with Crippen LogP contribution in [0.1, 0.15) is 63.9 Å². The molecule has 1 aromatic carbocycles. The molecule has 1 rings (SSSR count). The molecule has 0 saturated heterocycles. The molecule has 3 atom stereocenters. The maximum Gasteiger partial charge on any atom is 0.156 e. The molecule has 0 aliphatic carbocycles. The number of aliphatic hydroxyl groups excluding tert-OH is 1. The van der Waals surface area contributed by atoms with Crippen molar-refractivity contribution in [2.45, 2.75) is 89.4 Å². The molecule has 0 heterocycles. The first-order valence-electron chi connectivity index (χ1n) is 10.2. The topological polar surface area (TPSA) is 73.9 Å². The molecule has 156 valence electrons. The highest BCUT2D eigenvalue weighted by Crippen LogP contribution is 2.14. The minimum Gasteiger partial charge on any atom is -0.393 e. The number of unbranched alkanes of at least 4 members (excludes halogenated alkanes) is 2. The van der Waals surface area contributed by atoms with Gasteiger partial charge in [-0.1, -0.05) is 49.6 Å². The number of benzene rings is 1. The van der Waals surface area contributed by atoms with Crippen LogP contribution in [0, 0.1) is 0 Å². The molecule has 27 heavy (non-hydrogen) atoms. The molecule has 0 radical (unpaired) electrons. The van der Waals surface area contributed by atoms with Crippen molar-refractivity contribution in [3.8, 4) is 0 Å². The largest absolute Gasteiger partial charge is 0.393 e. The van der Waals surface area contributed by atoms with Gasteiger partial charge in [0.1, 0.15) is 0 Å². The Labute approximate surface area is 165 Å². The molecule has 5 heteroatoms. The molecule has 0 fully saturated rings. The quantitative estimate of drug-likeness (QED) is 0.334. The van der Waals surface area contributed by atoms with Crippen molar-refractivity contribution >= 4 is 0 Å². The van der Waals surface area contributed by atoms with Gasteiger partial charge >= 0.3 is 0 Å². The van der Waals surface area contributed by atoms with Gasteiger partial charge in [0.25, 0.3) is 0 Å². The van der Waals surface area contributed by atoms with E-state index in [1.54, 1.807) is 14.2 Å². The summed E-state index contributed by atoms with van der Waals surface area (Å²) in [6.07, 6.45) is 7.03. The Kier molecular flexibility index (Phi) is 13.4. The minimum absolute atomic E-state index is 0.0146. The zero-order valence-corrected chi connectivity index (χ0v) is 17.3. The number of methoxy groups -OCH3 is 2. The van der Waals surface area contributed by atoms with Gasteiger partial charge < -0.3 is 25.1 Å². The van der Waals surface area contributed by atoms with Gasteiger partial charge in [-0.3, -0.25) is 0 Å². The number of ether oxygens (including phenoxy) is 3. The van der Waals surface area contributed by atoms with Crippen LogP contribution < -0.4 is 5.73 Å². The van der Waals surface area contributed by atoms with Crippen LogP contribution in [0.2, 0.25) is 0 Å². The van der Waals surface area contributed by atoms with Crippen LogP contribution in [0.25, 0.3) is 0 Å². The molecule has 0 aliphatic heterocycles. The molecular formula is C22H39NO4. The summed E-state index contributed by atoms with van der Waals surface area (Å²) in [5.41, 5.74) is 7.31. The van der Waals surface area contributed by atoms with E-state index in [2.05, 4.69) is 19.1 Å². The molecule has 0 bridgehead atoms. The fraction of sp³-hybridized carbons (Fsp3) is 0.727. The predicted molar refractivity (Wildman–Crippen MR) is 109 cm³/mol. The third-order valence-corrected chi connectivity index (χ3v) is 4.90. The highest BCUT2D eigenvalue weighted by atomic mass is 16.7. The van der Waals surface area contributed by atoms with Crippen molar-refractivity contribution in [1.29, 1.82) is 0 Å². The highest BCUT2D eigenvalue weighted by Gasteiger charge is 2.13. The van der Waals surface area contributed by atoms with Gasteiger partial charge in [0, 0.05) is 20.3 Å². The number of rotatable bonds is 16. The van der Waals surface area contributed by atoms with Crippen LogP contribution in [-0.4, -0.2) is 43.9 Å². The van der Waals surface area contributed by atoms with E-state index in [-0.39, 0.29) is 24.5 Å². The molecule has 5 nitrogen and oxygen atoms in total. The molecular weight excluding hydrogens is 342 g/mol. The standard InChI is InChI=1S/C22H39NO4/c1-18(27-17-19-11-7-5-8-12-19)10-6-4-9-13-21(24)16-20(23)14-15-22(25-2)26-3/h5,7-8,11-12,18,20-22,24H,4,6,9-10,13-17,23H2,1-3H3/t18-,20+,21+/m1/s1. The van der Waals surface area contributed by atoms with Gasteiger partial charge in [0.15, 0.2) is 6.29 Å². The number of aliphatic hydroxyl groups is 1. The molecule has 0 aromatic heterocycles. The van der Waals surface area contributed by atoms with E-state index < -0.39 is 0 Å². The molecule has 0 amide bonds. The SMILES string of the molecule is COC(CC[C@H](N)C[C@@H](O)CCCCC[C@@H](C)OCc1ccccc1)OC. The van der Waals surface area contributed by atoms with E-state index in [0.717, 1.165) is 44.9 Å². The molecule has 0 unspecified atom stereocenters. The van der Waals surface area contributed by atoms with Crippen LogP contribution in [-0.2, 0) is 20.8 Å². The lowest BCUT2D eigenvalue weighted by molar-refractivity contribution is -0.107. The summed E-state index contributed by atoms with van der Waals surface area (Å²) in [5.74, 6) is 0. The van der Waals surface area contributed by atoms with Gasteiger partial charge in [0.05, 0.1) is 18.8 Å². The summed E-state index contributed by atoms with van der Waals surface area (Å²) in [5, 5.41) is 10.2. The smallest absolute Gasteiger partial charge is 0.156 e. The molecule has 0 saturated carbocycles. The zero-order valence-electron chi connectivity index (χ0n) is 17.3. The summed E-state index contributed by atoms with van der Waals surface area (Å²) in [6, 6.07) is 10.2. The highest BCUT2D eigenvalue weighted by molar-refractivity contribution is 5.13. The molecule has 0 aliphatic rings. The maximum absolute atomic E-state index is 10.2. The lowest BCUT2D eigenvalue weighted by atomic mass is 10.00. The third kappa shape index (κ3) is 12.2. The van der Waals surface area contributed by atoms with E-state index in [1.165, 1.54) is 5.56 Å². The van der Waals surface area contributed by atoms with Gasteiger partial charge in [0.2, 0.25) is 0 Å². The zero-order chi connectivity index (χ0) is 19.9. The Hall–Kier alpha value is -0.980. The summed E-state index contributed by atoms with van der Waals surface area (Å²) in [7, 11) is 3.25.